The molecule has 1 aliphatic rings. The number of rotatable bonds is 5. The number of aromatic nitrogens is 1. The van der Waals surface area contributed by atoms with Crippen molar-refractivity contribution in [2.24, 2.45) is 0 Å². The van der Waals surface area contributed by atoms with Gasteiger partial charge in [-0.05, 0) is 25.0 Å². The van der Waals surface area contributed by atoms with Crippen LogP contribution in [0.2, 0.25) is 0 Å². The lowest BCUT2D eigenvalue weighted by atomic mass is 10.2. The second-order valence-corrected chi connectivity index (χ2v) is 5.97. The molecular weight excluding hydrogens is 294 g/mol. The van der Waals surface area contributed by atoms with Crippen molar-refractivity contribution >= 4 is 22.7 Å². The summed E-state index contributed by atoms with van der Waals surface area (Å²) in [5.74, 6) is -0.731. The van der Waals surface area contributed by atoms with E-state index < -0.39 is 18.6 Å². The smallest absolute Gasteiger partial charge is 0.268 e. The van der Waals surface area contributed by atoms with Crippen LogP contribution in [0.5, 0.6) is 0 Å². The average molecular weight is 315 g/mol. The van der Waals surface area contributed by atoms with Crippen molar-refractivity contribution in [3.05, 3.63) is 36.0 Å². The van der Waals surface area contributed by atoms with Crippen LogP contribution in [-0.4, -0.2) is 40.6 Å². The lowest BCUT2D eigenvalue weighted by Crippen LogP contribution is -2.51. The summed E-state index contributed by atoms with van der Waals surface area (Å²) in [6.45, 7) is -0.426. The molecule has 0 saturated heterocycles. The standard InChI is InChI=1S/C17H21N3O3/c21-10-15(17(23)18-12-6-2-3-7-12)20-16(22)14-9-11-5-1-4-8-13(11)19-14/h1,4-5,8-9,12,15,19,21H,2-3,6-7,10H2,(H,18,23)(H,20,22)/t15-/m0/s1. The zero-order valence-corrected chi connectivity index (χ0v) is 12.8. The van der Waals surface area contributed by atoms with Gasteiger partial charge in [-0.15, -0.1) is 0 Å². The Hall–Kier alpha value is -2.34. The molecular formula is C17H21N3O3. The summed E-state index contributed by atoms with van der Waals surface area (Å²) in [5.41, 5.74) is 1.23. The van der Waals surface area contributed by atoms with Gasteiger partial charge in [0.1, 0.15) is 11.7 Å². The highest BCUT2D eigenvalue weighted by atomic mass is 16.3. The number of hydrogen-bond donors (Lipinski definition) is 4. The van der Waals surface area contributed by atoms with Crippen LogP contribution in [0, 0.1) is 0 Å². The number of H-pyrrole nitrogens is 1. The third-order valence-electron chi connectivity index (χ3n) is 4.28. The summed E-state index contributed by atoms with van der Waals surface area (Å²) < 4.78 is 0. The number of aliphatic hydroxyl groups excluding tert-OH is 1. The SMILES string of the molecule is O=C(N[C@@H](CO)C(=O)NC1CCCC1)c1cc2ccccc2[nH]1. The molecule has 0 spiro atoms. The molecule has 1 aromatic carbocycles. The Morgan fingerprint density at radius 2 is 2.00 bits per heavy atom. The largest absolute Gasteiger partial charge is 0.394 e. The zero-order valence-electron chi connectivity index (χ0n) is 12.8. The van der Waals surface area contributed by atoms with Crippen LogP contribution in [0.15, 0.2) is 30.3 Å². The Kier molecular flexibility index (Phi) is 4.62. The van der Waals surface area contributed by atoms with Gasteiger partial charge in [0.05, 0.1) is 6.61 Å². The van der Waals surface area contributed by atoms with Crippen molar-refractivity contribution < 1.29 is 14.7 Å². The Morgan fingerprint density at radius 1 is 1.26 bits per heavy atom. The first-order valence-electron chi connectivity index (χ1n) is 7.97. The van der Waals surface area contributed by atoms with E-state index in [1.165, 1.54) is 0 Å². The molecule has 6 nitrogen and oxygen atoms in total. The molecule has 3 rings (SSSR count). The molecule has 1 fully saturated rings. The van der Waals surface area contributed by atoms with E-state index in [0.717, 1.165) is 36.6 Å². The molecule has 1 atom stereocenters. The number of carbonyl (C=O) groups excluding carboxylic acids is 2. The van der Waals surface area contributed by atoms with Crippen LogP contribution < -0.4 is 10.6 Å². The van der Waals surface area contributed by atoms with Crippen LogP contribution in [0.4, 0.5) is 0 Å². The molecule has 2 aromatic rings. The van der Waals surface area contributed by atoms with Crippen molar-refractivity contribution in [2.75, 3.05) is 6.61 Å². The van der Waals surface area contributed by atoms with Gasteiger partial charge in [0.15, 0.2) is 0 Å². The summed E-state index contributed by atoms with van der Waals surface area (Å²) in [7, 11) is 0. The highest BCUT2D eigenvalue weighted by molar-refractivity contribution is 6.00. The third kappa shape index (κ3) is 3.53. The summed E-state index contributed by atoms with van der Waals surface area (Å²) in [6, 6.07) is 8.50. The van der Waals surface area contributed by atoms with E-state index >= 15 is 0 Å². The number of fused-ring (bicyclic) bond motifs is 1. The van der Waals surface area contributed by atoms with E-state index in [1.807, 2.05) is 24.3 Å². The second-order valence-electron chi connectivity index (χ2n) is 5.97. The number of para-hydroxylation sites is 1. The first-order valence-corrected chi connectivity index (χ1v) is 7.97. The van der Waals surface area contributed by atoms with Gasteiger partial charge in [0, 0.05) is 16.9 Å². The highest BCUT2D eigenvalue weighted by Gasteiger charge is 2.25. The Balaban J connectivity index is 1.65. The minimum Gasteiger partial charge on any atom is -0.394 e. The minimum atomic E-state index is -0.936. The highest BCUT2D eigenvalue weighted by Crippen LogP contribution is 2.18. The molecule has 1 aliphatic carbocycles. The molecule has 0 bridgehead atoms. The molecule has 2 amide bonds. The Morgan fingerprint density at radius 3 is 2.70 bits per heavy atom. The van der Waals surface area contributed by atoms with Gasteiger partial charge in [-0.25, -0.2) is 0 Å². The molecule has 0 radical (unpaired) electrons. The predicted molar refractivity (Wildman–Crippen MR) is 87.0 cm³/mol. The fourth-order valence-corrected chi connectivity index (χ4v) is 3.00. The topological polar surface area (TPSA) is 94.2 Å². The van der Waals surface area contributed by atoms with E-state index in [9.17, 15) is 14.7 Å². The Labute approximate surface area is 134 Å². The molecule has 0 unspecified atom stereocenters. The van der Waals surface area contributed by atoms with Gasteiger partial charge in [-0.3, -0.25) is 9.59 Å². The number of amides is 2. The number of nitrogens with one attached hydrogen (secondary N) is 3. The fraction of sp³-hybridized carbons (Fsp3) is 0.412. The maximum absolute atomic E-state index is 12.3. The lowest BCUT2D eigenvalue weighted by molar-refractivity contribution is -0.124. The Bertz CT molecular complexity index is 671. The maximum atomic E-state index is 12.3. The molecule has 1 aromatic heterocycles. The quantitative estimate of drug-likeness (QED) is 0.670. The van der Waals surface area contributed by atoms with E-state index in [1.54, 1.807) is 6.07 Å². The molecule has 1 saturated carbocycles. The number of hydrogen-bond acceptors (Lipinski definition) is 3. The lowest BCUT2D eigenvalue weighted by Gasteiger charge is -2.19. The average Bonchev–Trinajstić information content (AvgIpc) is 3.20. The first-order chi connectivity index (χ1) is 11.2. The summed E-state index contributed by atoms with van der Waals surface area (Å²) in [4.78, 5) is 27.5. The van der Waals surface area contributed by atoms with Gasteiger partial charge in [-0.1, -0.05) is 31.0 Å². The monoisotopic (exact) mass is 315 g/mol. The van der Waals surface area contributed by atoms with Gasteiger partial charge in [0.2, 0.25) is 5.91 Å². The summed E-state index contributed by atoms with van der Waals surface area (Å²) in [5, 5.41) is 15.8. The van der Waals surface area contributed by atoms with Crippen LogP contribution >= 0.6 is 0 Å². The van der Waals surface area contributed by atoms with Crippen LogP contribution in [-0.2, 0) is 4.79 Å². The van der Waals surface area contributed by atoms with Crippen molar-refractivity contribution in [1.82, 2.24) is 15.6 Å². The van der Waals surface area contributed by atoms with Crippen molar-refractivity contribution in [2.45, 2.75) is 37.8 Å². The van der Waals surface area contributed by atoms with Gasteiger partial charge >= 0.3 is 0 Å². The molecule has 4 N–H and O–H groups in total. The van der Waals surface area contributed by atoms with Crippen LogP contribution in [0.1, 0.15) is 36.2 Å². The normalized spacial score (nSPS) is 16.4. The first kappa shape index (κ1) is 15.6. The van der Waals surface area contributed by atoms with E-state index in [-0.39, 0.29) is 11.9 Å². The zero-order chi connectivity index (χ0) is 16.2. The van der Waals surface area contributed by atoms with Gasteiger partial charge in [-0.2, -0.15) is 0 Å². The maximum Gasteiger partial charge on any atom is 0.268 e. The van der Waals surface area contributed by atoms with Gasteiger partial charge < -0.3 is 20.7 Å². The van der Waals surface area contributed by atoms with Crippen molar-refractivity contribution in [3.63, 3.8) is 0 Å². The molecule has 23 heavy (non-hydrogen) atoms. The predicted octanol–water partition coefficient (Wildman–Crippen LogP) is 1.32. The van der Waals surface area contributed by atoms with E-state index in [2.05, 4.69) is 15.6 Å². The molecule has 122 valence electrons. The molecule has 0 aliphatic heterocycles. The number of carbonyl (C=O) groups is 2. The summed E-state index contributed by atoms with van der Waals surface area (Å²) >= 11 is 0. The molecule has 1 heterocycles. The molecule has 6 heteroatoms. The number of aromatic amines is 1. The summed E-state index contributed by atoms with van der Waals surface area (Å²) in [6.07, 6.45) is 4.13. The second kappa shape index (κ2) is 6.83. The van der Waals surface area contributed by atoms with E-state index in [4.69, 9.17) is 0 Å². The number of aliphatic hydroxyl groups is 1. The third-order valence-corrected chi connectivity index (χ3v) is 4.28. The van der Waals surface area contributed by atoms with Crippen LogP contribution in [0.3, 0.4) is 0 Å². The van der Waals surface area contributed by atoms with Crippen LogP contribution in [0.25, 0.3) is 10.9 Å². The fourth-order valence-electron chi connectivity index (χ4n) is 3.00. The van der Waals surface area contributed by atoms with Crippen molar-refractivity contribution in [3.8, 4) is 0 Å². The van der Waals surface area contributed by atoms with E-state index in [0.29, 0.717) is 5.69 Å². The van der Waals surface area contributed by atoms with Gasteiger partial charge in [0.25, 0.3) is 5.91 Å². The minimum absolute atomic E-state index is 0.154. The van der Waals surface area contributed by atoms with Crippen molar-refractivity contribution in [1.29, 1.82) is 0 Å². The number of benzene rings is 1.